The molecule has 2 aromatic rings. The maximum Gasteiger partial charge on any atom is 0.220 e. The van der Waals surface area contributed by atoms with E-state index in [9.17, 15) is 9.90 Å². The lowest BCUT2D eigenvalue weighted by atomic mass is 9.95. The van der Waals surface area contributed by atoms with E-state index in [4.69, 9.17) is 0 Å². The minimum Gasteiger partial charge on any atom is -0.396 e. The highest BCUT2D eigenvalue weighted by Crippen LogP contribution is 2.20. The third kappa shape index (κ3) is 5.53. The quantitative estimate of drug-likeness (QED) is 0.784. The third-order valence-corrected chi connectivity index (χ3v) is 4.15. The van der Waals surface area contributed by atoms with Crippen molar-refractivity contribution in [3.05, 3.63) is 71.8 Å². The molecule has 0 saturated carbocycles. The molecule has 0 fully saturated rings. The normalized spacial score (nSPS) is 13.3. The predicted molar refractivity (Wildman–Crippen MR) is 93.4 cm³/mol. The van der Waals surface area contributed by atoms with Gasteiger partial charge in [-0.05, 0) is 23.5 Å². The van der Waals surface area contributed by atoms with E-state index in [1.54, 1.807) is 0 Å². The van der Waals surface area contributed by atoms with Gasteiger partial charge in [0.15, 0.2) is 0 Å². The molecule has 2 rings (SSSR count). The molecule has 0 heterocycles. The van der Waals surface area contributed by atoms with E-state index in [0.29, 0.717) is 19.4 Å². The summed E-state index contributed by atoms with van der Waals surface area (Å²) < 4.78 is 0. The molecule has 2 N–H and O–H groups in total. The highest BCUT2D eigenvalue weighted by Gasteiger charge is 2.14. The second-order valence-electron chi connectivity index (χ2n) is 5.94. The van der Waals surface area contributed by atoms with E-state index >= 15 is 0 Å². The van der Waals surface area contributed by atoms with E-state index < -0.39 is 0 Å². The highest BCUT2D eigenvalue weighted by atomic mass is 16.3. The highest BCUT2D eigenvalue weighted by molar-refractivity contribution is 5.76. The first kappa shape index (κ1) is 17.2. The van der Waals surface area contributed by atoms with Crippen molar-refractivity contribution < 1.29 is 9.90 Å². The molecule has 3 nitrogen and oxygen atoms in total. The summed E-state index contributed by atoms with van der Waals surface area (Å²) in [5, 5.41) is 12.3. The maximum absolute atomic E-state index is 12.2. The van der Waals surface area contributed by atoms with Gasteiger partial charge in [-0.3, -0.25) is 4.79 Å². The second kappa shape index (κ2) is 9.11. The summed E-state index contributed by atoms with van der Waals surface area (Å²) in [7, 11) is 0. The van der Waals surface area contributed by atoms with E-state index in [2.05, 4.69) is 24.4 Å². The van der Waals surface area contributed by atoms with Gasteiger partial charge in [-0.15, -0.1) is 0 Å². The Bertz CT molecular complexity index is 583. The number of rotatable bonds is 8. The Kier molecular flexibility index (Phi) is 6.82. The van der Waals surface area contributed by atoms with Crippen LogP contribution in [0.1, 0.15) is 42.7 Å². The summed E-state index contributed by atoms with van der Waals surface area (Å²) in [4.78, 5) is 12.2. The van der Waals surface area contributed by atoms with E-state index in [1.165, 1.54) is 5.56 Å². The van der Waals surface area contributed by atoms with Crippen LogP contribution >= 0.6 is 0 Å². The number of nitrogens with one attached hydrogen (secondary N) is 1. The number of aliphatic hydroxyl groups is 1. The zero-order chi connectivity index (χ0) is 16.5. The molecule has 2 atom stereocenters. The molecule has 0 bridgehead atoms. The SMILES string of the molecule is CC(CC(=O)NCC(CCO)c1ccccc1)c1ccccc1. The van der Waals surface area contributed by atoms with Crippen molar-refractivity contribution in [3.63, 3.8) is 0 Å². The number of carbonyl (C=O) groups excluding carboxylic acids is 1. The lowest BCUT2D eigenvalue weighted by Gasteiger charge is -2.18. The number of aliphatic hydroxyl groups excluding tert-OH is 1. The monoisotopic (exact) mass is 311 g/mol. The number of benzene rings is 2. The minimum absolute atomic E-state index is 0.0558. The molecule has 0 spiro atoms. The molecule has 23 heavy (non-hydrogen) atoms. The van der Waals surface area contributed by atoms with Crippen molar-refractivity contribution in [1.82, 2.24) is 5.32 Å². The number of hydrogen-bond acceptors (Lipinski definition) is 2. The topological polar surface area (TPSA) is 49.3 Å². The van der Waals surface area contributed by atoms with Crippen LogP contribution in [0.3, 0.4) is 0 Å². The van der Waals surface area contributed by atoms with Crippen LogP contribution in [0.15, 0.2) is 60.7 Å². The Hall–Kier alpha value is -2.13. The summed E-state index contributed by atoms with van der Waals surface area (Å²) >= 11 is 0. The van der Waals surface area contributed by atoms with E-state index in [-0.39, 0.29) is 24.3 Å². The van der Waals surface area contributed by atoms with Crippen LogP contribution in [0.5, 0.6) is 0 Å². The zero-order valence-corrected chi connectivity index (χ0v) is 13.6. The van der Waals surface area contributed by atoms with Crippen LogP contribution < -0.4 is 5.32 Å². The molecule has 0 aromatic heterocycles. The average Bonchev–Trinajstić information content (AvgIpc) is 2.60. The predicted octanol–water partition coefficient (Wildman–Crippen LogP) is 3.46. The minimum atomic E-state index is 0.0558. The van der Waals surface area contributed by atoms with Crippen LogP contribution in [-0.4, -0.2) is 24.2 Å². The van der Waals surface area contributed by atoms with Crippen LogP contribution in [-0.2, 0) is 4.79 Å². The van der Waals surface area contributed by atoms with Gasteiger partial charge in [0, 0.05) is 25.5 Å². The molecule has 0 saturated heterocycles. The van der Waals surface area contributed by atoms with Crippen LogP contribution in [0.2, 0.25) is 0 Å². The molecule has 0 radical (unpaired) electrons. The van der Waals surface area contributed by atoms with Crippen molar-refractivity contribution in [2.75, 3.05) is 13.2 Å². The van der Waals surface area contributed by atoms with Crippen molar-refractivity contribution in [1.29, 1.82) is 0 Å². The first-order chi connectivity index (χ1) is 11.2. The molecule has 3 heteroatoms. The number of carbonyl (C=O) groups is 1. The Balaban J connectivity index is 1.87. The fourth-order valence-electron chi connectivity index (χ4n) is 2.75. The fourth-order valence-corrected chi connectivity index (χ4v) is 2.75. The maximum atomic E-state index is 12.2. The molecule has 0 aliphatic rings. The van der Waals surface area contributed by atoms with Crippen molar-refractivity contribution in [2.24, 2.45) is 0 Å². The smallest absolute Gasteiger partial charge is 0.220 e. The van der Waals surface area contributed by atoms with Gasteiger partial charge < -0.3 is 10.4 Å². The van der Waals surface area contributed by atoms with Crippen LogP contribution in [0.25, 0.3) is 0 Å². The third-order valence-electron chi connectivity index (χ3n) is 4.15. The molecule has 0 aliphatic heterocycles. The van der Waals surface area contributed by atoms with Crippen molar-refractivity contribution in [2.45, 2.75) is 31.6 Å². The average molecular weight is 311 g/mol. The summed E-state index contributed by atoms with van der Waals surface area (Å²) in [6.07, 6.45) is 1.13. The van der Waals surface area contributed by atoms with E-state index in [0.717, 1.165) is 5.56 Å². The first-order valence-corrected chi connectivity index (χ1v) is 8.18. The van der Waals surface area contributed by atoms with Gasteiger partial charge >= 0.3 is 0 Å². The Morgan fingerprint density at radius 3 is 2.13 bits per heavy atom. The summed E-state index contributed by atoms with van der Waals surface area (Å²) in [6, 6.07) is 20.1. The summed E-state index contributed by atoms with van der Waals surface area (Å²) in [6.45, 7) is 2.75. The zero-order valence-electron chi connectivity index (χ0n) is 13.6. The standard InChI is InChI=1S/C20H25NO2/c1-16(17-8-4-2-5-9-17)14-20(23)21-15-19(12-13-22)18-10-6-3-7-11-18/h2-11,16,19,22H,12-15H2,1H3,(H,21,23). The molecule has 2 aromatic carbocycles. The fraction of sp³-hybridized carbons (Fsp3) is 0.350. The van der Waals surface area contributed by atoms with Gasteiger partial charge in [-0.1, -0.05) is 67.6 Å². The van der Waals surface area contributed by atoms with E-state index in [1.807, 2.05) is 48.5 Å². The number of hydrogen-bond donors (Lipinski definition) is 2. The lowest BCUT2D eigenvalue weighted by molar-refractivity contribution is -0.121. The summed E-state index contributed by atoms with van der Waals surface area (Å²) in [5.74, 6) is 0.404. The molecular weight excluding hydrogens is 286 g/mol. The lowest BCUT2D eigenvalue weighted by Crippen LogP contribution is -2.29. The first-order valence-electron chi connectivity index (χ1n) is 8.18. The largest absolute Gasteiger partial charge is 0.396 e. The molecule has 2 unspecified atom stereocenters. The molecular formula is C20H25NO2. The van der Waals surface area contributed by atoms with Gasteiger partial charge in [0.1, 0.15) is 0 Å². The Morgan fingerprint density at radius 2 is 1.57 bits per heavy atom. The number of amides is 1. The van der Waals surface area contributed by atoms with Gasteiger partial charge in [-0.2, -0.15) is 0 Å². The van der Waals surface area contributed by atoms with Crippen LogP contribution in [0, 0.1) is 0 Å². The van der Waals surface area contributed by atoms with Crippen molar-refractivity contribution in [3.8, 4) is 0 Å². The second-order valence-corrected chi connectivity index (χ2v) is 5.94. The van der Waals surface area contributed by atoms with Gasteiger partial charge in [0.25, 0.3) is 0 Å². The van der Waals surface area contributed by atoms with Crippen molar-refractivity contribution >= 4 is 5.91 Å². The molecule has 1 amide bonds. The summed E-state index contributed by atoms with van der Waals surface area (Å²) in [5.41, 5.74) is 2.33. The van der Waals surface area contributed by atoms with Crippen LogP contribution in [0.4, 0.5) is 0 Å². The Morgan fingerprint density at radius 1 is 1.00 bits per heavy atom. The van der Waals surface area contributed by atoms with Gasteiger partial charge in [0.2, 0.25) is 5.91 Å². The molecule has 122 valence electrons. The van der Waals surface area contributed by atoms with Gasteiger partial charge in [-0.25, -0.2) is 0 Å². The van der Waals surface area contributed by atoms with Gasteiger partial charge in [0.05, 0.1) is 0 Å². The molecule has 0 aliphatic carbocycles. The Labute approximate surface area is 138 Å².